The zero-order valence-corrected chi connectivity index (χ0v) is 18.5. The molecule has 1 aromatic carbocycles. The Morgan fingerprint density at radius 1 is 1.25 bits per heavy atom. The van der Waals surface area contributed by atoms with Crippen LogP contribution in [0.3, 0.4) is 0 Å². The fraction of sp³-hybridized carbons (Fsp3) is 0.474. The van der Waals surface area contributed by atoms with Gasteiger partial charge in [0.1, 0.15) is 18.4 Å². The van der Waals surface area contributed by atoms with Crippen LogP contribution in [0.15, 0.2) is 41.1 Å². The normalized spacial score (nSPS) is 17.1. The van der Waals surface area contributed by atoms with E-state index in [-0.39, 0.29) is 17.8 Å². The third kappa shape index (κ3) is 8.28. The van der Waals surface area contributed by atoms with E-state index in [0.717, 1.165) is 4.47 Å². The van der Waals surface area contributed by atoms with Crippen molar-refractivity contribution < 1.29 is 19.2 Å². The summed E-state index contributed by atoms with van der Waals surface area (Å²) in [5.41, 5.74) is 0.436. The maximum Gasteiger partial charge on any atom is 0.269 e. The highest BCUT2D eigenvalue weighted by Gasteiger charge is 2.30. The molecule has 1 aliphatic heterocycles. The van der Waals surface area contributed by atoms with E-state index in [0.29, 0.717) is 25.1 Å². The van der Waals surface area contributed by atoms with Gasteiger partial charge in [-0.15, -0.1) is 0 Å². The first-order valence-corrected chi connectivity index (χ1v) is 9.84. The molecule has 28 heavy (non-hydrogen) atoms. The van der Waals surface area contributed by atoms with Gasteiger partial charge in [0.15, 0.2) is 0 Å². The lowest BCUT2D eigenvalue weighted by Gasteiger charge is -2.15. The monoisotopic (exact) mass is 457 g/mol. The summed E-state index contributed by atoms with van der Waals surface area (Å²) in [4.78, 5) is 19.7. The Labute approximate surface area is 174 Å². The maximum atomic E-state index is 10.1. The third-order valence-corrected chi connectivity index (χ3v) is 3.86. The van der Waals surface area contributed by atoms with Crippen LogP contribution >= 0.6 is 15.9 Å². The minimum absolute atomic E-state index is 0.00407. The first-order valence-electron chi connectivity index (χ1n) is 9.05. The molecule has 1 aliphatic rings. The summed E-state index contributed by atoms with van der Waals surface area (Å²) >= 11 is 3.36. The Morgan fingerprint density at radius 3 is 2.29 bits per heavy atom. The molecule has 0 saturated carbocycles. The SMILES string of the molecule is CC.CC.COC1COCC1n1cc(Br)cn1.O=Cc1ccc([N+](=O)[O-])cc1. The van der Waals surface area contributed by atoms with Crippen molar-refractivity contribution in [3.63, 3.8) is 0 Å². The van der Waals surface area contributed by atoms with Gasteiger partial charge in [0.2, 0.25) is 0 Å². The molecule has 0 bridgehead atoms. The molecule has 156 valence electrons. The van der Waals surface area contributed by atoms with Crippen molar-refractivity contribution in [1.29, 1.82) is 0 Å². The molecule has 1 saturated heterocycles. The van der Waals surface area contributed by atoms with Crippen LogP contribution in [0.2, 0.25) is 0 Å². The molecule has 0 amide bonds. The molecule has 3 rings (SSSR count). The summed E-state index contributed by atoms with van der Waals surface area (Å²) < 4.78 is 13.5. The van der Waals surface area contributed by atoms with Crippen molar-refractivity contribution >= 4 is 27.9 Å². The van der Waals surface area contributed by atoms with Crippen LogP contribution in [-0.2, 0) is 9.47 Å². The summed E-state index contributed by atoms with van der Waals surface area (Å²) in [6, 6.07) is 5.61. The Balaban J connectivity index is 0.000000447. The van der Waals surface area contributed by atoms with Crippen LogP contribution in [0.1, 0.15) is 44.1 Å². The maximum absolute atomic E-state index is 10.1. The molecular formula is C19H28BrN3O5. The second-order valence-electron chi connectivity index (χ2n) is 4.98. The van der Waals surface area contributed by atoms with Gasteiger partial charge in [-0.3, -0.25) is 19.6 Å². The number of aldehydes is 1. The summed E-state index contributed by atoms with van der Waals surface area (Å²) in [6.45, 7) is 9.32. The van der Waals surface area contributed by atoms with Crippen LogP contribution in [0.25, 0.3) is 0 Å². The highest BCUT2D eigenvalue weighted by atomic mass is 79.9. The molecular weight excluding hydrogens is 430 g/mol. The van der Waals surface area contributed by atoms with Gasteiger partial charge in [-0.05, 0) is 28.1 Å². The average Bonchev–Trinajstić information content (AvgIpc) is 3.40. The fourth-order valence-electron chi connectivity index (χ4n) is 2.17. The molecule has 0 radical (unpaired) electrons. The number of aromatic nitrogens is 2. The first kappa shape index (κ1) is 25.9. The number of halogens is 1. The smallest absolute Gasteiger partial charge is 0.269 e. The molecule has 2 unspecified atom stereocenters. The highest BCUT2D eigenvalue weighted by Crippen LogP contribution is 2.22. The number of rotatable bonds is 4. The van der Waals surface area contributed by atoms with Crippen molar-refractivity contribution in [1.82, 2.24) is 9.78 Å². The minimum Gasteiger partial charge on any atom is -0.377 e. The van der Waals surface area contributed by atoms with Crippen LogP contribution in [0.4, 0.5) is 5.69 Å². The van der Waals surface area contributed by atoms with Gasteiger partial charge in [0.05, 0.1) is 28.8 Å². The zero-order valence-electron chi connectivity index (χ0n) is 16.9. The topological polar surface area (TPSA) is 96.5 Å². The average molecular weight is 458 g/mol. The predicted octanol–water partition coefficient (Wildman–Crippen LogP) is 4.69. The molecule has 8 nitrogen and oxygen atoms in total. The van der Waals surface area contributed by atoms with Crippen molar-refractivity contribution in [2.24, 2.45) is 0 Å². The van der Waals surface area contributed by atoms with E-state index < -0.39 is 4.92 Å². The first-order chi connectivity index (χ1) is 13.5. The van der Waals surface area contributed by atoms with Crippen LogP contribution in [0, 0.1) is 10.1 Å². The van der Waals surface area contributed by atoms with Crippen LogP contribution in [-0.4, -0.2) is 47.4 Å². The molecule has 1 aromatic heterocycles. The van der Waals surface area contributed by atoms with Gasteiger partial charge in [-0.25, -0.2) is 0 Å². The van der Waals surface area contributed by atoms with Crippen molar-refractivity contribution in [3.05, 3.63) is 56.8 Å². The van der Waals surface area contributed by atoms with Gasteiger partial charge >= 0.3 is 0 Å². The second kappa shape index (κ2) is 14.9. The molecule has 0 aliphatic carbocycles. The third-order valence-electron chi connectivity index (χ3n) is 3.45. The second-order valence-corrected chi connectivity index (χ2v) is 5.90. The number of nitro benzene ring substituents is 1. The number of nitrogens with zero attached hydrogens (tertiary/aromatic N) is 3. The summed E-state index contributed by atoms with van der Waals surface area (Å²) in [5.74, 6) is 0. The fourth-order valence-corrected chi connectivity index (χ4v) is 2.47. The van der Waals surface area contributed by atoms with Gasteiger partial charge in [0, 0.05) is 31.0 Å². The van der Waals surface area contributed by atoms with E-state index in [2.05, 4.69) is 21.0 Å². The highest BCUT2D eigenvalue weighted by molar-refractivity contribution is 9.10. The number of benzene rings is 1. The number of non-ortho nitro benzene ring substituents is 1. The zero-order chi connectivity index (χ0) is 21.5. The lowest BCUT2D eigenvalue weighted by atomic mass is 10.2. The molecule has 0 N–H and O–H groups in total. The number of carbonyl (C=O) groups excluding carboxylic acids is 1. The van der Waals surface area contributed by atoms with E-state index in [1.807, 2.05) is 38.6 Å². The number of nitro groups is 1. The molecule has 0 spiro atoms. The lowest BCUT2D eigenvalue weighted by molar-refractivity contribution is -0.384. The Bertz CT molecular complexity index is 691. The molecule has 1 fully saturated rings. The standard InChI is InChI=1S/C8H11BrN2O2.C7H5NO3.2C2H6/c1-12-8-5-13-4-7(8)11-3-6(9)2-10-11;9-5-6-1-3-7(4-2-6)8(10)11;2*1-2/h2-3,7-8H,4-5H2,1H3;1-5H;2*1-2H3. The summed E-state index contributed by atoms with van der Waals surface area (Å²) in [5, 5.41) is 14.3. The van der Waals surface area contributed by atoms with Gasteiger partial charge in [0.25, 0.3) is 5.69 Å². The van der Waals surface area contributed by atoms with E-state index in [4.69, 9.17) is 9.47 Å². The molecule has 2 heterocycles. The van der Waals surface area contributed by atoms with Crippen LogP contribution in [0.5, 0.6) is 0 Å². The van der Waals surface area contributed by atoms with Crippen LogP contribution < -0.4 is 0 Å². The lowest BCUT2D eigenvalue weighted by Crippen LogP contribution is -2.24. The van der Waals surface area contributed by atoms with Crippen molar-refractivity contribution in [3.8, 4) is 0 Å². The van der Waals surface area contributed by atoms with Gasteiger partial charge in [-0.1, -0.05) is 27.7 Å². The predicted molar refractivity (Wildman–Crippen MR) is 112 cm³/mol. The van der Waals surface area contributed by atoms with E-state index in [1.54, 1.807) is 13.3 Å². The summed E-state index contributed by atoms with van der Waals surface area (Å²) in [6.07, 6.45) is 4.46. The number of hydrogen-bond donors (Lipinski definition) is 0. The number of ether oxygens (including phenoxy) is 2. The molecule has 2 atom stereocenters. The largest absolute Gasteiger partial charge is 0.377 e. The molecule has 2 aromatic rings. The van der Waals surface area contributed by atoms with Crippen molar-refractivity contribution in [2.45, 2.75) is 39.8 Å². The number of hydrogen-bond acceptors (Lipinski definition) is 6. The quantitative estimate of drug-likeness (QED) is 0.375. The minimum atomic E-state index is -0.505. The van der Waals surface area contributed by atoms with E-state index >= 15 is 0 Å². The van der Waals surface area contributed by atoms with Crippen molar-refractivity contribution in [2.75, 3.05) is 20.3 Å². The van der Waals surface area contributed by atoms with Gasteiger partial charge < -0.3 is 9.47 Å². The van der Waals surface area contributed by atoms with E-state index in [9.17, 15) is 14.9 Å². The van der Waals surface area contributed by atoms with Gasteiger partial charge in [-0.2, -0.15) is 5.10 Å². The Kier molecular flexibility index (Phi) is 13.8. The number of carbonyl (C=O) groups is 1. The Hall–Kier alpha value is -2.10. The number of methoxy groups -OCH3 is 1. The van der Waals surface area contributed by atoms with E-state index in [1.165, 1.54) is 24.3 Å². The Morgan fingerprint density at radius 2 is 1.86 bits per heavy atom. The summed E-state index contributed by atoms with van der Waals surface area (Å²) in [7, 11) is 1.70. The molecule has 9 heteroatoms.